The van der Waals surface area contributed by atoms with Gasteiger partial charge >= 0.3 is 0 Å². The summed E-state index contributed by atoms with van der Waals surface area (Å²) >= 11 is 0. The molecule has 4 atom stereocenters. The summed E-state index contributed by atoms with van der Waals surface area (Å²) in [7, 11) is 3.73. The Balaban J connectivity index is 1.53. The third-order valence-corrected chi connectivity index (χ3v) is 4.76. The van der Waals surface area contributed by atoms with Gasteiger partial charge in [-0.2, -0.15) is 4.98 Å². The van der Waals surface area contributed by atoms with Gasteiger partial charge in [0.05, 0.1) is 12.6 Å². The van der Waals surface area contributed by atoms with Gasteiger partial charge in [0.15, 0.2) is 5.82 Å². The summed E-state index contributed by atoms with van der Waals surface area (Å²) in [6, 6.07) is 0.565. The second-order valence-corrected chi connectivity index (χ2v) is 6.22. The van der Waals surface area contributed by atoms with Gasteiger partial charge in [-0.3, -0.25) is 4.90 Å². The van der Waals surface area contributed by atoms with Crippen molar-refractivity contribution in [2.45, 2.75) is 51.0 Å². The number of aliphatic hydroxyl groups is 1. The molecule has 0 bridgehead atoms. The van der Waals surface area contributed by atoms with Crippen LogP contribution in [0.25, 0.3) is 0 Å². The van der Waals surface area contributed by atoms with Gasteiger partial charge in [-0.1, -0.05) is 5.16 Å². The van der Waals surface area contributed by atoms with Crippen molar-refractivity contribution in [1.29, 1.82) is 0 Å². The zero-order valence-electron chi connectivity index (χ0n) is 12.2. The van der Waals surface area contributed by atoms with E-state index in [2.05, 4.69) is 22.1 Å². The Hall–Kier alpha value is -0.980. The largest absolute Gasteiger partial charge is 0.393 e. The monoisotopic (exact) mass is 281 g/mol. The maximum atomic E-state index is 9.69. The molecule has 1 aromatic heterocycles. The van der Waals surface area contributed by atoms with Gasteiger partial charge in [0.1, 0.15) is 6.61 Å². The minimum atomic E-state index is -0.0659. The fraction of sp³-hybridized carbons (Fsp3) is 0.857. The SMILES string of the molecule is COCc1noc(CN(C)C2C[C@H]3CC(O)C[C@H]3C2)n1. The predicted molar refractivity (Wildman–Crippen MR) is 71.7 cm³/mol. The lowest BCUT2D eigenvalue weighted by atomic mass is 10.0. The van der Waals surface area contributed by atoms with E-state index >= 15 is 0 Å². The van der Waals surface area contributed by atoms with Gasteiger partial charge in [0.2, 0.25) is 5.89 Å². The van der Waals surface area contributed by atoms with Crippen LogP contribution in [0.5, 0.6) is 0 Å². The number of fused-ring (bicyclic) bond motifs is 1. The molecule has 2 aliphatic rings. The van der Waals surface area contributed by atoms with E-state index in [1.54, 1.807) is 7.11 Å². The molecule has 0 amide bonds. The average molecular weight is 281 g/mol. The lowest BCUT2D eigenvalue weighted by molar-refractivity contribution is 0.153. The molecule has 20 heavy (non-hydrogen) atoms. The highest BCUT2D eigenvalue weighted by Crippen LogP contribution is 2.45. The van der Waals surface area contributed by atoms with E-state index in [-0.39, 0.29) is 6.10 Å². The zero-order chi connectivity index (χ0) is 14.1. The molecular weight excluding hydrogens is 258 g/mol. The highest BCUT2D eigenvalue weighted by molar-refractivity contribution is 4.95. The molecule has 0 aromatic carbocycles. The molecule has 2 saturated carbocycles. The van der Waals surface area contributed by atoms with E-state index in [1.807, 2.05) is 0 Å². The topological polar surface area (TPSA) is 71.6 Å². The first-order valence-corrected chi connectivity index (χ1v) is 7.34. The maximum Gasteiger partial charge on any atom is 0.240 e. The van der Waals surface area contributed by atoms with Crippen molar-refractivity contribution in [1.82, 2.24) is 15.0 Å². The van der Waals surface area contributed by atoms with E-state index in [0.29, 0.717) is 42.7 Å². The molecule has 2 fully saturated rings. The quantitative estimate of drug-likeness (QED) is 0.874. The number of methoxy groups -OCH3 is 1. The van der Waals surface area contributed by atoms with Crippen molar-refractivity contribution >= 4 is 0 Å². The number of hydrogen-bond acceptors (Lipinski definition) is 6. The molecule has 2 aliphatic carbocycles. The third-order valence-electron chi connectivity index (χ3n) is 4.76. The molecule has 0 spiro atoms. The summed E-state index contributed by atoms with van der Waals surface area (Å²) in [6.07, 6.45) is 4.25. The molecule has 6 heteroatoms. The first-order chi connectivity index (χ1) is 9.65. The zero-order valence-corrected chi connectivity index (χ0v) is 12.2. The van der Waals surface area contributed by atoms with Crippen LogP contribution in [-0.4, -0.2) is 46.5 Å². The van der Waals surface area contributed by atoms with Crippen LogP contribution in [0, 0.1) is 11.8 Å². The van der Waals surface area contributed by atoms with E-state index in [0.717, 1.165) is 12.8 Å². The number of ether oxygens (including phenoxy) is 1. The molecule has 2 unspecified atom stereocenters. The van der Waals surface area contributed by atoms with Gasteiger partial charge < -0.3 is 14.4 Å². The molecular formula is C14H23N3O3. The Kier molecular flexibility index (Phi) is 4.05. The van der Waals surface area contributed by atoms with Crippen LogP contribution >= 0.6 is 0 Å². The first-order valence-electron chi connectivity index (χ1n) is 7.34. The van der Waals surface area contributed by atoms with Gasteiger partial charge in [0.25, 0.3) is 0 Å². The second kappa shape index (κ2) is 5.79. The molecule has 3 rings (SSSR count). The van der Waals surface area contributed by atoms with Crippen LogP contribution in [0.2, 0.25) is 0 Å². The van der Waals surface area contributed by atoms with E-state index in [4.69, 9.17) is 9.26 Å². The molecule has 1 N–H and O–H groups in total. The normalized spacial score (nSPS) is 33.0. The summed E-state index contributed by atoms with van der Waals surface area (Å²) in [5.41, 5.74) is 0. The fourth-order valence-electron chi connectivity index (χ4n) is 3.80. The Labute approximate surface area is 119 Å². The van der Waals surface area contributed by atoms with Crippen molar-refractivity contribution in [3.05, 3.63) is 11.7 Å². The number of hydrogen-bond donors (Lipinski definition) is 1. The van der Waals surface area contributed by atoms with Crippen molar-refractivity contribution in [2.24, 2.45) is 11.8 Å². The number of nitrogens with zero attached hydrogens (tertiary/aromatic N) is 3. The number of aromatic nitrogens is 2. The minimum Gasteiger partial charge on any atom is -0.393 e. The molecule has 1 aromatic rings. The highest BCUT2D eigenvalue weighted by atomic mass is 16.5. The Bertz CT molecular complexity index is 437. The summed E-state index contributed by atoms with van der Waals surface area (Å²) in [5, 5.41) is 13.6. The number of aliphatic hydroxyl groups excluding tert-OH is 1. The molecule has 6 nitrogen and oxygen atoms in total. The van der Waals surface area contributed by atoms with Crippen LogP contribution in [0.1, 0.15) is 37.4 Å². The van der Waals surface area contributed by atoms with Crippen LogP contribution in [-0.2, 0) is 17.9 Å². The fourth-order valence-corrected chi connectivity index (χ4v) is 3.80. The second-order valence-electron chi connectivity index (χ2n) is 6.22. The summed E-state index contributed by atoms with van der Waals surface area (Å²) in [6.45, 7) is 1.07. The third kappa shape index (κ3) is 2.87. The van der Waals surface area contributed by atoms with Crippen LogP contribution in [0.4, 0.5) is 0 Å². The summed E-state index contributed by atoms with van der Waals surface area (Å²) in [4.78, 5) is 6.61. The van der Waals surface area contributed by atoms with Crippen LogP contribution < -0.4 is 0 Å². The highest BCUT2D eigenvalue weighted by Gasteiger charge is 2.42. The minimum absolute atomic E-state index is 0.0659. The van der Waals surface area contributed by atoms with Gasteiger partial charge in [-0.25, -0.2) is 0 Å². The molecule has 0 aliphatic heterocycles. The van der Waals surface area contributed by atoms with E-state index in [9.17, 15) is 5.11 Å². The summed E-state index contributed by atoms with van der Waals surface area (Å²) < 4.78 is 10.2. The molecule has 0 saturated heterocycles. The Morgan fingerprint density at radius 1 is 1.30 bits per heavy atom. The average Bonchev–Trinajstić information content (AvgIpc) is 3.04. The Morgan fingerprint density at radius 2 is 2.00 bits per heavy atom. The predicted octanol–water partition coefficient (Wildman–Crippen LogP) is 1.20. The standard InChI is InChI=1S/C14H23N3O3/c1-17(7-14-15-13(8-19-2)16-20-14)11-3-9-5-12(18)6-10(9)4-11/h9-12,18H,3-8H2,1-2H3/t9-,10+,11?,12?. The molecule has 1 heterocycles. The van der Waals surface area contributed by atoms with E-state index in [1.165, 1.54) is 12.8 Å². The lowest BCUT2D eigenvalue weighted by Crippen LogP contribution is -2.30. The van der Waals surface area contributed by atoms with Crippen LogP contribution in [0.3, 0.4) is 0 Å². The van der Waals surface area contributed by atoms with Crippen molar-refractivity contribution < 1.29 is 14.4 Å². The molecule has 112 valence electrons. The summed E-state index contributed by atoms with van der Waals surface area (Å²) in [5.74, 6) is 2.65. The first kappa shape index (κ1) is 14.0. The van der Waals surface area contributed by atoms with Crippen LogP contribution in [0.15, 0.2) is 4.52 Å². The maximum absolute atomic E-state index is 9.69. The van der Waals surface area contributed by atoms with Gasteiger partial charge in [0, 0.05) is 13.2 Å². The van der Waals surface area contributed by atoms with Crippen molar-refractivity contribution in [3.63, 3.8) is 0 Å². The van der Waals surface area contributed by atoms with Crippen molar-refractivity contribution in [2.75, 3.05) is 14.2 Å². The lowest BCUT2D eigenvalue weighted by Gasteiger charge is -2.23. The van der Waals surface area contributed by atoms with E-state index < -0.39 is 0 Å². The van der Waals surface area contributed by atoms with Crippen molar-refractivity contribution in [3.8, 4) is 0 Å². The van der Waals surface area contributed by atoms with Gasteiger partial charge in [-0.15, -0.1) is 0 Å². The number of rotatable bonds is 5. The Morgan fingerprint density at radius 3 is 2.65 bits per heavy atom. The molecule has 0 radical (unpaired) electrons. The van der Waals surface area contributed by atoms with Gasteiger partial charge in [-0.05, 0) is 44.6 Å². The smallest absolute Gasteiger partial charge is 0.240 e.